The highest BCUT2D eigenvalue weighted by Crippen LogP contribution is 2.18. The molecule has 0 radical (unpaired) electrons. The predicted octanol–water partition coefficient (Wildman–Crippen LogP) is 3.82. The number of hydrogen-bond donors (Lipinski definition) is 3. The van der Waals surface area contributed by atoms with E-state index in [-0.39, 0.29) is 19.3 Å². The van der Waals surface area contributed by atoms with E-state index in [1.165, 1.54) is 13.8 Å². The third kappa shape index (κ3) is 16.8. The zero-order valence-electron chi connectivity index (χ0n) is 18.6. The van der Waals surface area contributed by atoms with E-state index in [1.54, 1.807) is 36.7 Å². The Hall–Kier alpha value is -3.54. The van der Waals surface area contributed by atoms with Crippen molar-refractivity contribution in [3.8, 4) is 0 Å². The van der Waals surface area contributed by atoms with Gasteiger partial charge in [0.15, 0.2) is 7.05 Å². The number of nitrogens with one attached hydrogen (secondary N) is 2. The summed E-state index contributed by atoms with van der Waals surface area (Å²) in [6.07, 6.45) is -0.0392. The Morgan fingerprint density at radius 1 is 1.03 bits per heavy atom. The van der Waals surface area contributed by atoms with Gasteiger partial charge in [0.05, 0.1) is 0 Å². The highest BCUT2D eigenvalue weighted by Gasteiger charge is 2.29. The Morgan fingerprint density at radius 2 is 1.45 bits per heavy atom. The number of carbonyl (C=O) groups is 2. The summed E-state index contributed by atoms with van der Waals surface area (Å²) in [5.74, 6) is -0.581. The number of amides is 2. The molecule has 1 heterocycles. The molecule has 182 valence electrons. The van der Waals surface area contributed by atoms with Crippen molar-refractivity contribution in [2.45, 2.75) is 45.4 Å². The maximum atomic E-state index is 12.2. The summed E-state index contributed by atoms with van der Waals surface area (Å²) in [5.41, 5.74) is 0.795. The summed E-state index contributed by atoms with van der Waals surface area (Å²) < 4.78 is 31.1. The fourth-order valence-electron chi connectivity index (χ4n) is 2.16. The second kappa shape index (κ2) is 13.8. The van der Waals surface area contributed by atoms with Crippen molar-refractivity contribution in [1.29, 1.82) is 0 Å². The molecule has 2 amide bonds. The van der Waals surface area contributed by atoms with Crippen LogP contribution < -0.4 is 10.6 Å². The average Bonchev–Trinajstić information content (AvgIpc) is 2.66. The largest absolute Gasteiger partial charge is 0.386 e. The van der Waals surface area contributed by atoms with Crippen molar-refractivity contribution in [1.82, 2.24) is 4.98 Å². The van der Waals surface area contributed by atoms with Gasteiger partial charge in [-0.2, -0.15) is 13.2 Å². The summed E-state index contributed by atoms with van der Waals surface area (Å²) in [5, 5.41) is 24.6. The molecule has 1 aromatic heterocycles. The molecule has 9 nitrogen and oxygen atoms in total. The summed E-state index contributed by atoms with van der Waals surface area (Å²) in [7, 11) is 0.889. The van der Waals surface area contributed by atoms with Crippen LogP contribution in [-0.4, -0.2) is 45.7 Å². The van der Waals surface area contributed by atoms with E-state index in [1.807, 2.05) is 12.1 Å². The number of halogens is 3. The monoisotopic (exact) mass is 472 g/mol. The lowest BCUT2D eigenvalue weighted by Crippen LogP contribution is -2.40. The molecule has 0 aliphatic carbocycles. The van der Waals surface area contributed by atoms with Gasteiger partial charge in [-0.15, -0.1) is 0 Å². The fraction of sp³-hybridized carbons (Fsp3) is 0.381. The van der Waals surface area contributed by atoms with Crippen LogP contribution >= 0.6 is 0 Å². The number of aromatic nitrogens is 1. The van der Waals surface area contributed by atoms with Gasteiger partial charge in [0.2, 0.25) is 5.91 Å². The van der Waals surface area contributed by atoms with Gasteiger partial charge in [0, 0.05) is 42.5 Å². The Labute approximate surface area is 189 Å². The number of aliphatic hydroxyl groups is 1. The quantitative estimate of drug-likeness (QED) is 0.432. The molecule has 1 atom stereocenters. The average molecular weight is 472 g/mol. The van der Waals surface area contributed by atoms with E-state index in [2.05, 4.69) is 15.6 Å². The van der Waals surface area contributed by atoms with Crippen molar-refractivity contribution < 1.29 is 32.8 Å². The van der Waals surface area contributed by atoms with Crippen molar-refractivity contribution in [2.75, 3.05) is 17.7 Å². The van der Waals surface area contributed by atoms with Gasteiger partial charge in [-0.05, 0) is 49.6 Å². The second-order valence-corrected chi connectivity index (χ2v) is 7.06. The normalized spacial score (nSPS) is 12.0. The molecule has 2 rings (SSSR count). The molecule has 1 aromatic carbocycles. The minimum Gasteiger partial charge on any atom is -0.380 e. The molecule has 2 aromatic rings. The number of rotatable bonds is 6. The lowest BCUT2D eigenvalue weighted by molar-refractivity contribution is -0.445. The Kier molecular flexibility index (Phi) is 12.3. The molecule has 33 heavy (non-hydrogen) atoms. The zero-order valence-corrected chi connectivity index (χ0v) is 18.6. The summed E-state index contributed by atoms with van der Waals surface area (Å²) in [6, 6.07) is 10.6. The maximum absolute atomic E-state index is 12.2. The van der Waals surface area contributed by atoms with Crippen LogP contribution in [0.5, 0.6) is 0 Å². The van der Waals surface area contributed by atoms with Crippen LogP contribution in [0.1, 0.15) is 32.8 Å². The van der Waals surface area contributed by atoms with E-state index in [4.69, 9.17) is 10.1 Å². The first-order valence-electron chi connectivity index (χ1n) is 9.55. The zero-order chi connectivity index (χ0) is 25.7. The number of aryl methyl sites for hydroxylation is 1. The van der Waals surface area contributed by atoms with Crippen molar-refractivity contribution >= 4 is 23.2 Å². The van der Waals surface area contributed by atoms with Crippen LogP contribution in [0.15, 0.2) is 48.8 Å². The molecule has 0 saturated carbocycles. The number of benzene rings is 1. The molecule has 0 bridgehead atoms. The van der Waals surface area contributed by atoms with Crippen LogP contribution in [0.25, 0.3) is 0 Å². The Balaban J connectivity index is 0.000000968. The first-order chi connectivity index (χ1) is 15.1. The molecule has 0 fully saturated rings. The van der Waals surface area contributed by atoms with Gasteiger partial charge in [-0.1, -0.05) is 12.1 Å². The van der Waals surface area contributed by atoms with Gasteiger partial charge in [-0.25, -0.2) is 0 Å². The predicted molar refractivity (Wildman–Crippen MR) is 117 cm³/mol. The van der Waals surface area contributed by atoms with Crippen molar-refractivity contribution in [2.24, 2.45) is 0 Å². The smallest absolute Gasteiger partial charge is 0.380 e. The first-order valence-corrected chi connectivity index (χ1v) is 9.55. The summed E-state index contributed by atoms with van der Waals surface area (Å²) >= 11 is 0. The number of carbonyl (C=O) groups excluding carboxylic acids is 2. The van der Waals surface area contributed by atoms with E-state index in [9.17, 15) is 27.9 Å². The molecule has 0 aliphatic heterocycles. The Morgan fingerprint density at radius 3 is 1.88 bits per heavy atom. The standard InChI is InChI=1S/C18H21N3O3.C2H3F3.CH3NO2/c1-13(22)20-15-5-3-14(4-6-15)7-10-18(2,24)17(23)21-16-8-11-19-12-9-16;1-2(3,4)5;1-2(3)4/h3-6,8-9,11-12,24H,7,10H2,1-2H3,(H,20,22)(H,19,21,23);1H3;1H3/t18-;;/m0../s1. The lowest BCUT2D eigenvalue weighted by atomic mass is 9.95. The molecule has 12 heteroatoms. The van der Waals surface area contributed by atoms with Gasteiger partial charge in [0.25, 0.3) is 5.91 Å². The SMILES string of the molecule is CC(=O)Nc1ccc(CC[C@](C)(O)C(=O)Nc2ccncc2)cc1.CC(F)(F)F.C[N+](=O)[O-]. The van der Waals surface area contributed by atoms with Gasteiger partial charge in [0.1, 0.15) is 5.60 Å². The lowest BCUT2D eigenvalue weighted by Gasteiger charge is -2.22. The molecular formula is C21H27F3N4O5. The topological polar surface area (TPSA) is 134 Å². The van der Waals surface area contributed by atoms with Crippen LogP contribution in [-0.2, 0) is 16.0 Å². The molecule has 3 N–H and O–H groups in total. The number of nitro groups is 1. The van der Waals surface area contributed by atoms with Gasteiger partial charge >= 0.3 is 6.18 Å². The van der Waals surface area contributed by atoms with Gasteiger partial charge in [-0.3, -0.25) is 24.7 Å². The highest BCUT2D eigenvalue weighted by atomic mass is 19.4. The summed E-state index contributed by atoms with van der Waals surface area (Å²) in [6.45, 7) is 3.13. The van der Waals surface area contributed by atoms with E-state index in [0.29, 0.717) is 17.8 Å². The van der Waals surface area contributed by atoms with E-state index < -0.39 is 22.6 Å². The number of anilines is 2. The maximum Gasteiger partial charge on any atom is 0.386 e. The van der Waals surface area contributed by atoms with Crippen molar-refractivity contribution in [3.05, 3.63) is 64.5 Å². The third-order valence-electron chi connectivity index (χ3n) is 3.60. The van der Waals surface area contributed by atoms with E-state index >= 15 is 0 Å². The molecule has 0 spiro atoms. The number of nitrogens with zero attached hydrogens (tertiary/aromatic N) is 2. The van der Waals surface area contributed by atoms with Gasteiger partial charge < -0.3 is 15.7 Å². The number of pyridine rings is 1. The van der Waals surface area contributed by atoms with E-state index in [0.717, 1.165) is 12.6 Å². The molecular weight excluding hydrogens is 445 g/mol. The first kappa shape index (κ1) is 29.5. The fourth-order valence-corrected chi connectivity index (χ4v) is 2.16. The van der Waals surface area contributed by atoms with Crippen LogP contribution in [0, 0.1) is 10.1 Å². The second-order valence-electron chi connectivity index (χ2n) is 7.06. The molecule has 0 aliphatic rings. The molecule has 0 unspecified atom stereocenters. The number of hydrogen-bond acceptors (Lipinski definition) is 6. The van der Waals surface area contributed by atoms with Crippen LogP contribution in [0.3, 0.4) is 0 Å². The highest BCUT2D eigenvalue weighted by molar-refractivity contribution is 5.96. The minimum atomic E-state index is -4.00. The van der Waals surface area contributed by atoms with Crippen molar-refractivity contribution in [3.63, 3.8) is 0 Å². The van der Waals surface area contributed by atoms with Crippen LogP contribution in [0.4, 0.5) is 24.5 Å². The minimum absolute atomic E-state index is 0.126. The summed E-state index contributed by atoms with van der Waals surface area (Å²) in [4.78, 5) is 35.4. The molecule has 0 saturated heterocycles. The third-order valence-corrected chi connectivity index (χ3v) is 3.60. The Bertz CT molecular complexity index is 879. The van der Waals surface area contributed by atoms with Crippen LogP contribution in [0.2, 0.25) is 0 Å². The number of alkyl halides is 3.